The van der Waals surface area contributed by atoms with Crippen molar-refractivity contribution < 1.29 is 10.2 Å². The maximum Gasteiger partial charge on any atom is 0.123 e. The summed E-state index contributed by atoms with van der Waals surface area (Å²) >= 11 is 0. The highest BCUT2D eigenvalue weighted by Gasteiger charge is 2.91. The molecule has 0 aromatic heterocycles. The largest absolute Gasteiger partial charge is 0.392 e. The Morgan fingerprint density at radius 3 is 2.96 bits per heavy atom. The molecule has 0 aromatic rings. The van der Waals surface area contributed by atoms with Gasteiger partial charge in [-0.1, -0.05) is 25.5 Å². The molecular weight excluding hydrogens is 286 g/mol. The lowest BCUT2D eigenvalue weighted by Crippen LogP contribution is -2.67. The summed E-state index contributed by atoms with van der Waals surface area (Å²) in [5.41, 5.74) is 1.36. The predicted octanol–water partition coefficient (Wildman–Crippen LogP) is 2.14. The van der Waals surface area contributed by atoms with Crippen molar-refractivity contribution >= 4 is 0 Å². The number of piperidine rings is 2. The Balaban J connectivity index is 1.56. The van der Waals surface area contributed by atoms with Crippen LogP contribution in [0.15, 0.2) is 12.2 Å². The van der Waals surface area contributed by atoms with E-state index in [1.54, 1.807) is 0 Å². The lowest BCUT2D eigenvalue weighted by Gasteiger charge is -2.66. The quantitative estimate of drug-likeness (QED) is 0.674. The normalized spacial score (nSPS) is 75.6. The number of aliphatic hydroxyl groups is 2. The second kappa shape index (κ2) is 3.08. The van der Waals surface area contributed by atoms with Gasteiger partial charge in [-0.15, -0.1) is 0 Å². The molecule has 3 nitrogen and oxygen atoms in total. The van der Waals surface area contributed by atoms with E-state index in [1.165, 1.54) is 24.8 Å². The highest BCUT2D eigenvalue weighted by Crippen LogP contribution is 2.88. The molecule has 6 aliphatic carbocycles. The monoisotopic (exact) mass is 313 g/mol. The summed E-state index contributed by atoms with van der Waals surface area (Å²) in [7, 11) is 0. The summed E-state index contributed by atoms with van der Waals surface area (Å²) in [6.07, 6.45) is 6.75. The smallest absolute Gasteiger partial charge is 0.123 e. The van der Waals surface area contributed by atoms with E-state index in [-0.39, 0.29) is 22.3 Å². The van der Waals surface area contributed by atoms with Gasteiger partial charge in [0.2, 0.25) is 0 Å². The molecule has 0 aromatic carbocycles. The molecule has 3 saturated heterocycles. The first-order chi connectivity index (χ1) is 10.9. The summed E-state index contributed by atoms with van der Waals surface area (Å²) in [4.78, 5) is 2.56. The molecule has 1 unspecified atom stereocenters. The van der Waals surface area contributed by atoms with E-state index < -0.39 is 5.72 Å². The molecule has 3 aliphatic heterocycles. The molecule has 9 rings (SSSR count). The van der Waals surface area contributed by atoms with Gasteiger partial charge in [-0.2, -0.15) is 0 Å². The predicted molar refractivity (Wildman–Crippen MR) is 85.2 cm³/mol. The number of rotatable bonds is 0. The van der Waals surface area contributed by atoms with Crippen LogP contribution in [-0.4, -0.2) is 39.5 Å². The summed E-state index contributed by atoms with van der Waals surface area (Å²) < 4.78 is 0. The minimum absolute atomic E-state index is 0.167. The molecular formula is C20H27NO2. The van der Waals surface area contributed by atoms with E-state index in [9.17, 15) is 10.2 Å². The second-order valence-corrected chi connectivity index (χ2v) is 10.7. The molecule has 9 aliphatic rings. The van der Waals surface area contributed by atoms with Gasteiger partial charge in [-0.25, -0.2) is 0 Å². The van der Waals surface area contributed by atoms with Crippen LogP contribution in [0.1, 0.15) is 45.4 Å². The first kappa shape index (κ1) is 12.9. The van der Waals surface area contributed by atoms with Crippen LogP contribution in [-0.2, 0) is 0 Å². The Bertz CT molecular complexity index is 691. The van der Waals surface area contributed by atoms with E-state index in [0.29, 0.717) is 29.7 Å². The zero-order valence-electron chi connectivity index (χ0n) is 14.0. The van der Waals surface area contributed by atoms with Gasteiger partial charge >= 0.3 is 0 Å². The van der Waals surface area contributed by atoms with E-state index in [2.05, 4.69) is 18.4 Å². The van der Waals surface area contributed by atoms with Gasteiger partial charge in [-0.3, -0.25) is 4.90 Å². The third kappa shape index (κ3) is 0.910. The molecule has 0 amide bonds. The average molecular weight is 313 g/mol. The van der Waals surface area contributed by atoms with Gasteiger partial charge in [0.05, 0.1) is 6.10 Å². The summed E-state index contributed by atoms with van der Waals surface area (Å²) in [5, 5.41) is 23.2. The van der Waals surface area contributed by atoms with E-state index >= 15 is 0 Å². The second-order valence-electron chi connectivity index (χ2n) is 10.7. The molecule has 2 N–H and O–H groups in total. The van der Waals surface area contributed by atoms with Gasteiger partial charge < -0.3 is 10.2 Å². The molecule has 6 saturated carbocycles. The third-order valence-electron chi connectivity index (χ3n) is 10.2. The van der Waals surface area contributed by atoms with Crippen LogP contribution in [0.2, 0.25) is 0 Å². The van der Waals surface area contributed by atoms with Crippen LogP contribution < -0.4 is 0 Å². The van der Waals surface area contributed by atoms with Crippen molar-refractivity contribution in [3.8, 4) is 0 Å². The highest BCUT2D eigenvalue weighted by molar-refractivity contribution is 5.42. The SMILES string of the molecule is C=C1C[C@]23C[C@@]4(O)[C@@H]5[C@@]6(C)CCC[C@@]57[C@@H]2[C@H](O)[C@@H]1C[C@@H]3[C@H]7N4C6. The van der Waals surface area contributed by atoms with Crippen molar-refractivity contribution in [3.05, 3.63) is 12.2 Å². The lowest BCUT2D eigenvalue weighted by atomic mass is 9.39. The van der Waals surface area contributed by atoms with Gasteiger partial charge in [0.1, 0.15) is 5.72 Å². The van der Waals surface area contributed by atoms with Crippen molar-refractivity contribution in [1.82, 2.24) is 4.90 Å². The zero-order valence-corrected chi connectivity index (χ0v) is 14.0. The molecule has 9 fully saturated rings. The molecule has 124 valence electrons. The Morgan fingerprint density at radius 2 is 2.13 bits per heavy atom. The standard InChI is InChI=1S/C20H27NO2/c1-10-7-18-8-20(23)16-17(2)4-3-5-19(16)14(18)13(22)11(10)6-12(18)15(19)21(20)9-17/h11-16,22-23H,1,3-9H2,2H3/t11-,12-,13-,14-,15-,16-,17+,18-,19+,20-/m1/s1. The molecule has 2 spiro atoms. The van der Waals surface area contributed by atoms with Crippen LogP contribution in [0, 0.1) is 39.9 Å². The zero-order chi connectivity index (χ0) is 15.6. The maximum absolute atomic E-state index is 11.8. The fraction of sp³-hybridized carbons (Fsp3) is 0.900. The van der Waals surface area contributed by atoms with Crippen LogP contribution in [0.3, 0.4) is 0 Å². The van der Waals surface area contributed by atoms with E-state index in [0.717, 1.165) is 25.8 Å². The number of hydrogen-bond donors (Lipinski definition) is 2. The van der Waals surface area contributed by atoms with E-state index in [4.69, 9.17) is 0 Å². The Kier molecular flexibility index (Phi) is 1.73. The van der Waals surface area contributed by atoms with Crippen molar-refractivity contribution in [2.24, 2.45) is 39.9 Å². The molecule has 23 heavy (non-hydrogen) atoms. The van der Waals surface area contributed by atoms with Crippen LogP contribution in [0.25, 0.3) is 0 Å². The highest BCUT2D eigenvalue weighted by atomic mass is 16.3. The lowest BCUT2D eigenvalue weighted by molar-refractivity contribution is -0.246. The number of hydrogen-bond acceptors (Lipinski definition) is 3. The van der Waals surface area contributed by atoms with Gasteiger partial charge in [-0.05, 0) is 60.2 Å². The first-order valence-electron chi connectivity index (χ1n) is 9.73. The molecule has 11 atom stereocenters. The number of nitrogens with zero attached hydrogens (tertiary/aromatic N) is 1. The molecule has 9 bridgehead atoms. The molecule has 3 heteroatoms. The van der Waals surface area contributed by atoms with Gasteiger partial charge in [0.25, 0.3) is 0 Å². The number of aliphatic hydroxyl groups excluding tert-OH is 1. The van der Waals surface area contributed by atoms with Crippen LogP contribution in [0.4, 0.5) is 0 Å². The van der Waals surface area contributed by atoms with Crippen LogP contribution in [0.5, 0.6) is 0 Å². The third-order valence-corrected chi connectivity index (χ3v) is 10.2. The minimum atomic E-state index is -0.572. The Morgan fingerprint density at radius 1 is 1.30 bits per heavy atom. The van der Waals surface area contributed by atoms with Crippen LogP contribution >= 0.6 is 0 Å². The fourth-order valence-electron chi connectivity index (χ4n) is 10.6. The summed E-state index contributed by atoms with van der Waals surface area (Å²) in [5.74, 6) is 1.89. The molecule has 0 radical (unpaired) electrons. The average Bonchev–Trinajstić information content (AvgIpc) is 2.81. The topological polar surface area (TPSA) is 43.7 Å². The minimum Gasteiger partial charge on any atom is -0.392 e. The van der Waals surface area contributed by atoms with Crippen molar-refractivity contribution in [1.29, 1.82) is 0 Å². The summed E-state index contributed by atoms with van der Waals surface area (Å²) in [6, 6.07) is 0.553. The first-order valence-corrected chi connectivity index (χ1v) is 9.73. The van der Waals surface area contributed by atoms with Gasteiger partial charge in [0.15, 0.2) is 0 Å². The van der Waals surface area contributed by atoms with Crippen molar-refractivity contribution in [3.63, 3.8) is 0 Å². The Labute approximate surface area is 137 Å². The maximum atomic E-state index is 11.8. The molecule has 3 heterocycles. The Hall–Kier alpha value is -0.380. The van der Waals surface area contributed by atoms with Crippen molar-refractivity contribution in [2.45, 2.75) is 63.3 Å². The fourth-order valence-corrected chi connectivity index (χ4v) is 10.6. The van der Waals surface area contributed by atoms with Gasteiger partial charge in [0, 0.05) is 24.4 Å². The van der Waals surface area contributed by atoms with E-state index in [1.807, 2.05) is 0 Å². The van der Waals surface area contributed by atoms with Crippen molar-refractivity contribution in [2.75, 3.05) is 6.54 Å². The number of fused-ring (bicyclic) bond motifs is 1. The summed E-state index contributed by atoms with van der Waals surface area (Å²) in [6.45, 7) is 7.87.